The Balaban J connectivity index is 1.25. The second-order valence-electron chi connectivity index (χ2n) is 15.3. The number of aliphatic imine (C=N–C) groups is 1. The maximum Gasteiger partial charge on any atom is 0.137 e. The third kappa shape index (κ3) is 6.75. The zero-order valence-electron chi connectivity index (χ0n) is 33.6. The Hall–Kier alpha value is -7.80. The lowest BCUT2D eigenvalue weighted by molar-refractivity contribution is 0.488. The summed E-state index contributed by atoms with van der Waals surface area (Å²) in [5.74, 6) is 0.701. The summed E-state index contributed by atoms with van der Waals surface area (Å²) in [5.41, 5.74) is 10.1. The molecule has 1 aromatic heterocycles. The number of fused-ring (bicyclic) bond motifs is 3. The number of nitrogens with zero attached hydrogens (tertiary/aromatic N) is 6. The molecule has 2 aliphatic rings. The van der Waals surface area contributed by atoms with Crippen molar-refractivity contribution in [3.8, 4) is 23.3 Å². The van der Waals surface area contributed by atoms with E-state index in [1.807, 2.05) is 85.1 Å². The molecule has 7 aromatic rings. The number of anilines is 4. The fourth-order valence-electron chi connectivity index (χ4n) is 9.00. The molecule has 3 unspecified atom stereocenters. The van der Waals surface area contributed by atoms with Gasteiger partial charge in [-0.05, 0) is 105 Å². The number of rotatable bonds is 9. The summed E-state index contributed by atoms with van der Waals surface area (Å²) >= 11 is 0. The van der Waals surface area contributed by atoms with Gasteiger partial charge in [0.05, 0.1) is 34.6 Å². The van der Waals surface area contributed by atoms with Gasteiger partial charge in [-0.25, -0.2) is 4.98 Å². The van der Waals surface area contributed by atoms with Gasteiger partial charge in [0.15, 0.2) is 0 Å². The van der Waals surface area contributed by atoms with Gasteiger partial charge in [0.1, 0.15) is 18.1 Å². The Kier molecular flexibility index (Phi) is 10.2. The van der Waals surface area contributed by atoms with Crippen LogP contribution in [0, 0.1) is 35.5 Å². The molecule has 0 saturated heterocycles. The first-order valence-electron chi connectivity index (χ1n) is 20.3. The van der Waals surface area contributed by atoms with E-state index in [1.54, 1.807) is 6.20 Å². The molecule has 6 aromatic carbocycles. The van der Waals surface area contributed by atoms with E-state index in [-0.39, 0.29) is 18.1 Å². The van der Waals surface area contributed by atoms with E-state index < -0.39 is 0 Å². The van der Waals surface area contributed by atoms with Crippen LogP contribution in [0.3, 0.4) is 0 Å². The number of aromatic nitrogens is 1. The molecule has 0 amide bonds. The molecule has 60 heavy (non-hydrogen) atoms. The van der Waals surface area contributed by atoms with E-state index in [4.69, 9.17) is 9.98 Å². The van der Waals surface area contributed by atoms with Crippen LogP contribution in [0.25, 0.3) is 44.3 Å². The largest absolute Gasteiger partial charge is 0.341 e. The summed E-state index contributed by atoms with van der Waals surface area (Å²) in [6.07, 6.45) is 14.6. The van der Waals surface area contributed by atoms with Crippen molar-refractivity contribution in [3.05, 3.63) is 198 Å². The van der Waals surface area contributed by atoms with Gasteiger partial charge >= 0.3 is 0 Å². The van der Waals surface area contributed by atoms with Crippen LogP contribution in [0.5, 0.6) is 0 Å². The predicted octanol–water partition coefficient (Wildman–Crippen LogP) is 13.1. The lowest BCUT2D eigenvalue weighted by Crippen LogP contribution is -2.48. The first-order chi connectivity index (χ1) is 29.5. The molecule has 0 saturated carbocycles. The average molecular weight is 775 g/mol. The number of nitriles is 2. The summed E-state index contributed by atoms with van der Waals surface area (Å²) in [6, 6.07) is 50.1. The van der Waals surface area contributed by atoms with Crippen molar-refractivity contribution in [2.75, 3.05) is 9.80 Å². The van der Waals surface area contributed by atoms with Crippen molar-refractivity contribution >= 4 is 62.3 Å². The van der Waals surface area contributed by atoms with E-state index >= 15 is 0 Å². The van der Waals surface area contributed by atoms with Gasteiger partial charge in [0, 0.05) is 35.8 Å². The summed E-state index contributed by atoms with van der Waals surface area (Å²) in [5, 5.41) is 25.7. The molecule has 1 aliphatic heterocycles. The quantitative estimate of drug-likeness (QED) is 0.136. The highest BCUT2D eigenvalue weighted by Gasteiger charge is 2.36. The third-order valence-electron chi connectivity index (χ3n) is 11.7. The SMILES string of the molecule is C=Cc1ccc(N(c2ccccn2)c2ccc(-c3ccccc3)cc2C#N)c2ccc3ccc(N(C4CC=CC=N4)C4C(C#N)=CC(c5ccccc5)=CC4C)c(C)c3c12. The van der Waals surface area contributed by atoms with E-state index in [2.05, 4.69) is 127 Å². The van der Waals surface area contributed by atoms with Crippen LogP contribution < -0.4 is 9.80 Å². The van der Waals surface area contributed by atoms with Crippen LogP contribution in [-0.4, -0.2) is 23.4 Å². The Labute approximate surface area is 351 Å². The van der Waals surface area contributed by atoms with Gasteiger partial charge < -0.3 is 4.90 Å². The number of allylic oxidation sites excluding steroid dienone is 3. The van der Waals surface area contributed by atoms with Crippen LogP contribution in [0.15, 0.2) is 181 Å². The summed E-state index contributed by atoms with van der Waals surface area (Å²) in [4.78, 5) is 14.3. The highest BCUT2D eigenvalue weighted by atomic mass is 15.3. The van der Waals surface area contributed by atoms with Crippen LogP contribution in [0.4, 0.5) is 22.9 Å². The molecular formula is C54H42N6. The molecule has 6 nitrogen and oxygen atoms in total. The standard InChI is InChI=1S/C54H42N6/c1-4-38-22-28-49(59(50-19-11-13-29-57-50)48-27-24-42(32-44(48)34-55)39-15-7-5-8-16-39)46-25-21-41-23-26-47(37(3)52(41)53(38)46)60(51-20-12-14-30-58-51)54-36(2)31-43(33-45(54)35-56)40-17-9-6-10-18-40/h4-19,21-33,36,51,54H,1,20H2,2-3H3. The molecule has 0 spiro atoms. The first kappa shape index (κ1) is 37.8. The molecule has 0 fully saturated rings. The minimum Gasteiger partial charge on any atom is -0.341 e. The highest BCUT2D eigenvalue weighted by Crippen LogP contribution is 2.46. The molecule has 0 N–H and O–H groups in total. The van der Waals surface area contributed by atoms with E-state index in [0.29, 0.717) is 23.4 Å². The molecule has 3 atom stereocenters. The topological polar surface area (TPSA) is 79.3 Å². The first-order valence-corrected chi connectivity index (χ1v) is 20.3. The summed E-state index contributed by atoms with van der Waals surface area (Å²) in [6.45, 7) is 8.68. The van der Waals surface area contributed by atoms with Gasteiger partial charge in [-0.2, -0.15) is 10.5 Å². The molecule has 2 heterocycles. The maximum atomic E-state index is 10.8. The monoisotopic (exact) mass is 774 g/mol. The molecule has 6 heteroatoms. The molecule has 288 valence electrons. The number of benzene rings is 6. The van der Waals surface area contributed by atoms with Gasteiger partial charge in [0.25, 0.3) is 0 Å². The Morgan fingerprint density at radius 1 is 0.750 bits per heavy atom. The number of pyridine rings is 1. The van der Waals surface area contributed by atoms with Gasteiger partial charge in [-0.15, -0.1) is 0 Å². The van der Waals surface area contributed by atoms with Crippen molar-refractivity contribution in [1.29, 1.82) is 10.5 Å². The Morgan fingerprint density at radius 3 is 2.18 bits per heavy atom. The van der Waals surface area contributed by atoms with E-state index in [9.17, 15) is 10.5 Å². The van der Waals surface area contributed by atoms with Crippen molar-refractivity contribution in [3.63, 3.8) is 0 Å². The molecular weight excluding hydrogens is 733 g/mol. The summed E-state index contributed by atoms with van der Waals surface area (Å²) in [7, 11) is 0. The second-order valence-corrected chi connectivity index (χ2v) is 15.3. The van der Waals surface area contributed by atoms with Crippen molar-refractivity contribution in [1.82, 2.24) is 4.98 Å². The van der Waals surface area contributed by atoms with E-state index in [1.165, 1.54) is 0 Å². The Bertz CT molecular complexity index is 2980. The zero-order valence-corrected chi connectivity index (χ0v) is 33.6. The van der Waals surface area contributed by atoms with Crippen molar-refractivity contribution in [2.24, 2.45) is 10.9 Å². The molecule has 0 radical (unpaired) electrons. The molecule has 0 bridgehead atoms. The smallest absolute Gasteiger partial charge is 0.137 e. The lowest BCUT2D eigenvalue weighted by Gasteiger charge is -2.43. The van der Waals surface area contributed by atoms with Crippen LogP contribution >= 0.6 is 0 Å². The zero-order chi connectivity index (χ0) is 41.2. The van der Waals surface area contributed by atoms with Gasteiger partial charge in [0.2, 0.25) is 0 Å². The minimum absolute atomic E-state index is 0.00783. The van der Waals surface area contributed by atoms with Crippen molar-refractivity contribution in [2.45, 2.75) is 32.5 Å². The van der Waals surface area contributed by atoms with Gasteiger partial charge in [-0.3, -0.25) is 9.89 Å². The predicted molar refractivity (Wildman–Crippen MR) is 248 cm³/mol. The van der Waals surface area contributed by atoms with Gasteiger partial charge in [-0.1, -0.05) is 129 Å². The molecule has 9 rings (SSSR count). The number of dihydropyridines is 1. The molecule has 1 aliphatic carbocycles. The highest BCUT2D eigenvalue weighted by molar-refractivity contribution is 6.18. The normalized spacial score (nSPS) is 17.0. The fraction of sp³-hybridized carbons (Fsp3) is 0.111. The average Bonchev–Trinajstić information content (AvgIpc) is 3.31. The third-order valence-corrected chi connectivity index (χ3v) is 11.7. The van der Waals surface area contributed by atoms with Crippen molar-refractivity contribution < 1.29 is 0 Å². The lowest BCUT2D eigenvalue weighted by atomic mass is 9.82. The van der Waals surface area contributed by atoms with Crippen LogP contribution in [0.2, 0.25) is 0 Å². The van der Waals surface area contributed by atoms with Crippen LogP contribution in [0.1, 0.15) is 35.6 Å². The summed E-state index contributed by atoms with van der Waals surface area (Å²) < 4.78 is 0. The second kappa shape index (κ2) is 16.2. The minimum atomic E-state index is -0.250. The van der Waals surface area contributed by atoms with Crippen LogP contribution in [-0.2, 0) is 0 Å². The fourth-order valence-corrected chi connectivity index (χ4v) is 9.00. The number of hydrogen-bond acceptors (Lipinski definition) is 6. The Morgan fingerprint density at radius 2 is 1.48 bits per heavy atom. The number of aryl methyl sites for hydroxylation is 1. The maximum absolute atomic E-state index is 10.8. The number of hydrogen-bond donors (Lipinski definition) is 0. The van der Waals surface area contributed by atoms with E-state index in [0.717, 1.165) is 72.0 Å².